The third kappa shape index (κ3) is 5.20. The van der Waals surface area contributed by atoms with E-state index in [0.29, 0.717) is 25.6 Å². The quantitative estimate of drug-likeness (QED) is 0.686. The molecule has 0 saturated heterocycles. The number of amides is 1. The van der Waals surface area contributed by atoms with Gasteiger partial charge in [0.05, 0.1) is 6.10 Å². The van der Waals surface area contributed by atoms with Gasteiger partial charge >= 0.3 is 0 Å². The van der Waals surface area contributed by atoms with Crippen LogP contribution in [0.15, 0.2) is 0 Å². The molecule has 23 heavy (non-hydrogen) atoms. The van der Waals surface area contributed by atoms with Gasteiger partial charge < -0.3 is 20.7 Å². The lowest BCUT2D eigenvalue weighted by Gasteiger charge is -2.57. The van der Waals surface area contributed by atoms with Gasteiger partial charge in [-0.25, -0.2) is 0 Å². The Labute approximate surface area is 153 Å². The Morgan fingerprint density at radius 3 is 2.39 bits per heavy atom. The summed E-state index contributed by atoms with van der Waals surface area (Å²) in [5, 5.41) is 2.99. The Morgan fingerprint density at radius 2 is 1.96 bits per heavy atom. The van der Waals surface area contributed by atoms with Crippen molar-refractivity contribution < 1.29 is 9.53 Å². The first kappa shape index (κ1) is 25.2. The fraction of sp³-hybridized carbons (Fsp3) is 0.938. The van der Waals surface area contributed by atoms with Crippen LogP contribution >= 0.6 is 24.8 Å². The van der Waals surface area contributed by atoms with E-state index in [0.717, 1.165) is 13.0 Å². The second-order valence-corrected chi connectivity index (χ2v) is 6.83. The number of carbonyl (C=O) groups is 1. The van der Waals surface area contributed by atoms with Gasteiger partial charge in [-0.3, -0.25) is 4.79 Å². The zero-order valence-electron chi connectivity index (χ0n) is 15.3. The predicted molar refractivity (Wildman–Crippen MR) is 101 cm³/mol. The molecule has 0 aromatic carbocycles. The molecular weight excluding hydrogens is 337 g/mol. The van der Waals surface area contributed by atoms with Crippen molar-refractivity contribution in [1.29, 1.82) is 0 Å². The third-order valence-corrected chi connectivity index (χ3v) is 5.33. The molecule has 0 bridgehead atoms. The first-order chi connectivity index (χ1) is 9.70. The Balaban J connectivity index is 0. The number of nitrogens with zero attached hydrogens (tertiary/aromatic N) is 1. The number of nitrogens with two attached hydrogens (primary N) is 1. The first-order valence-electron chi connectivity index (χ1n) is 8.09. The standard InChI is InChI=1S/C16H33N3O2.2ClH/c1-7-12(3)19(6)10-9-18-14(20)16(17)11-13(21-8-2)15(16,4)5;;/h12-13H,7-11,17H2,1-6H3,(H,18,20);2*1H. The summed E-state index contributed by atoms with van der Waals surface area (Å²) in [6.07, 6.45) is 1.77. The van der Waals surface area contributed by atoms with Crippen LogP contribution in [0, 0.1) is 5.41 Å². The fourth-order valence-corrected chi connectivity index (χ4v) is 2.86. The van der Waals surface area contributed by atoms with Crippen molar-refractivity contribution in [2.75, 3.05) is 26.7 Å². The zero-order valence-corrected chi connectivity index (χ0v) is 17.0. The number of halogens is 2. The van der Waals surface area contributed by atoms with Crippen molar-refractivity contribution in [2.45, 2.75) is 65.1 Å². The van der Waals surface area contributed by atoms with Gasteiger partial charge in [0.1, 0.15) is 5.54 Å². The molecule has 0 aromatic rings. The van der Waals surface area contributed by atoms with Gasteiger partial charge in [-0.15, -0.1) is 24.8 Å². The van der Waals surface area contributed by atoms with Crippen LogP contribution in [0.25, 0.3) is 0 Å². The summed E-state index contributed by atoms with van der Waals surface area (Å²) in [6, 6.07) is 0.524. The molecule has 1 fully saturated rings. The Hall–Kier alpha value is -0.0700. The van der Waals surface area contributed by atoms with E-state index in [2.05, 4.69) is 31.1 Å². The molecule has 0 spiro atoms. The molecule has 1 amide bonds. The van der Waals surface area contributed by atoms with E-state index in [1.165, 1.54) is 0 Å². The number of nitrogens with one attached hydrogen (secondary N) is 1. The molecule has 0 heterocycles. The van der Waals surface area contributed by atoms with Crippen LogP contribution < -0.4 is 11.1 Å². The van der Waals surface area contributed by atoms with Crippen molar-refractivity contribution in [3.63, 3.8) is 0 Å². The minimum Gasteiger partial charge on any atom is -0.378 e. The van der Waals surface area contributed by atoms with E-state index in [9.17, 15) is 4.79 Å². The summed E-state index contributed by atoms with van der Waals surface area (Å²) in [6.45, 7) is 12.5. The van der Waals surface area contributed by atoms with Crippen molar-refractivity contribution >= 4 is 30.7 Å². The molecule has 7 heteroatoms. The second-order valence-electron chi connectivity index (χ2n) is 6.83. The van der Waals surface area contributed by atoms with Crippen LogP contribution in [0.3, 0.4) is 0 Å². The number of hydrogen-bond donors (Lipinski definition) is 2. The van der Waals surface area contributed by atoms with E-state index < -0.39 is 5.54 Å². The highest BCUT2D eigenvalue weighted by Gasteiger charge is 2.62. The molecule has 1 aliphatic rings. The van der Waals surface area contributed by atoms with E-state index in [1.807, 2.05) is 20.8 Å². The third-order valence-electron chi connectivity index (χ3n) is 5.33. The molecule has 1 saturated carbocycles. The number of carbonyl (C=O) groups excluding carboxylic acids is 1. The van der Waals surface area contributed by atoms with Gasteiger partial charge in [-0.1, -0.05) is 20.8 Å². The molecule has 0 radical (unpaired) electrons. The Bertz CT molecular complexity index is 369. The van der Waals surface area contributed by atoms with Crippen molar-refractivity contribution in [3.05, 3.63) is 0 Å². The van der Waals surface area contributed by atoms with Crippen LogP contribution in [0.5, 0.6) is 0 Å². The largest absolute Gasteiger partial charge is 0.378 e. The van der Waals surface area contributed by atoms with Gasteiger partial charge in [-0.2, -0.15) is 0 Å². The first-order valence-corrected chi connectivity index (χ1v) is 8.09. The maximum absolute atomic E-state index is 12.4. The molecular formula is C16H35Cl2N3O2. The number of likely N-dealkylation sites (N-methyl/N-ethyl adjacent to an activating group) is 1. The van der Waals surface area contributed by atoms with E-state index in [-0.39, 0.29) is 42.2 Å². The van der Waals surface area contributed by atoms with Crippen molar-refractivity contribution in [3.8, 4) is 0 Å². The number of ether oxygens (including phenoxy) is 1. The maximum Gasteiger partial charge on any atom is 0.240 e. The molecule has 3 unspecified atom stereocenters. The Morgan fingerprint density at radius 1 is 1.39 bits per heavy atom. The highest BCUT2D eigenvalue weighted by atomic mass is 35.5. The van der Waals surface area contributed by atoms with Crippen LogP contribution in [0.4, 0.5) is 0 Å². The van der Waals surface area contributed by atoms with Gasteiger partial charge in [0.15, 0.2) is 0 Å². The summed E-state index contributed by atoms with van der Waals surface area (Å²) in [7, 11) is 2.08. The molecule has 5 nitrogen and oxygen atoms in total. The molecule has 0 aliphatic heterocycles. The van der Waals surface area contributed by atoms with Crippen LogP contribution in [0.1, 0.15) is 47.5 Å². The minimum absolute atomic E-state index is 0. The summed E-state index contributed by atoms with van der Waals surface area (Å²) in [5.41, 5.74) is 5.20. The lowest BCUT2D eigenvalue weighted by Crippen LogP contribution is -2.75. The average molecular weight is 372 g/mol. The summed E-state index contributed by atoms with van der Waals surface area (Å²) < 4.78 is 5.66. The second kappa shape index (κ2) is 10.0. The van der Waals surface area contributed by atoms with E-state index in [1.54, 1.807) is 0 Å². The minimum atomic E-state index is -0.818. The molecule has 1 rings (SSSR count). The summed E-state index contributed by atoms with van der Waals surface area (Å²) >= 11 is 0. The molecule has 140 valence electrons. The van der Waals surface area contributed by atoms with Crippen LogP contribution in [-0.4, -0.2) is 55.2 Å². The maximum atomic E-state index is 12.4. The lowest BCUT2D eigenvalue weighted by atomic mass is 9.54. The number of rotatable bonds is 8. The zero-order chi connectivity index (χ0) is 16.3. The molecule has 1 aliphatic carbocycles. The molecule has 3 N–H and O–H groups in total. The van der Waals surface area contributed by atoms with Gasteiger partial charge in [0.25, 0.3) is 0 Å². The van der Waals surface area contributed by atoms with E-state index in [4.69, 9.17) is 10.5 Å². The topological polar surface area (TPSA) is 67.6 Å². The highest BCUT2D eigenvalue weighted by Crippen LogP contribution is 2.49. The van der Waals surface area contributed by atoms with Gasteiger partial charge in [0, 0.05) is 37.6 Å². The van der Waals surface area contributed by atoms with Gasteiger partial charge in [-0.05, 0) is 27.3 Å². The summed E-state index contributed by atoms with van der Waals surface area (Å²) in [4.78, 5) is 14.7. The lowest BCUT2D eigenvalue weighted by molar-refractivity contribution is -0.170. The van der Waals surface area contributed by atoms with Crippen LogP contribution in [0.2, 0.25) is 0 Å². The Kier molecular flexibility index (Phi) is 11.0. The smallest absolute Gasteiger partial charge is 0.240 e. The SMILES string of the molecule is CCOC1CC(N)(C(=O)NCCN(C)C(C)CC)C1(C)C.Cl.Cl. The van der Waals surface area contributed by atoms with Crippen molar-refractivity contribution in [2.24, 2.45) is 11.1 Å². The summed E-state index contributed by atoms with van der Waals surface area (Å²) in [5.74, 6) is -0.0546. The molecule has 0 aromatic heterocycles. The van der Waals surface area contributed by atoms with E-state index >= 15 is 0 Å². The van der Waals surface area contributed by atoms with Crippen LogP contribution in [-0.2, 0) is 9.53 Å². The van der Waals surface area contributed by atoms with Crippen molar-refractivity contribution in [1.82, 2.24) is 10.2 Å². The molecule has 3 atom stereocenters. The number of hydrogen-bond acceptors (Lipinski definition) is 4. The fourth-order valence-electron chi connectivity index (χ4n) is 2.86. The monoisotopic (exact) mass is 371 g/mol. The van der Waals surface area contributed by atoms with Gasteiger partial charge in [0.2, 0.25) is 5.91 Å². The average Bonchev–Trinajstić information content (AvgIpc) is 2.45. The normalized spacial score (nSPS) is 26.5. The highest BCUT2D eigenvalue weighted by molar-refractivity contribution is 5.88. The predicted octanol–water partition coefficient (Wildman–Crippen LogP) is 2.21.